The van der Waals surface area contributed by atoms with Crippen molar-refractivity contribution in [2.24, 2.45) is 5.73 Å². The largest absolute Gasteiger partial charge is 0.399 e. The Balaban J connectivity index is 2.69. The van der Waals surface area contributed by atoms with Crippen molar-refractivity contribution in [2.75, 3.05) is 12.3 Å². The number of nitrogen functional groups attached to an aromatic ring is 1. The first-order valence-corrected chi connectivity index (χ1v) is 6.14. The maximum absolute atomic E-state index is 11.5. The highest BCUT2D eigenvalue weighted by Gasteiger charge is 2.12. The van der Waals surface area contributed by atoms with E-state index >= 15 is 0 Å². The maximum atomic E-state index is 11.5. The van der Waals surface area contributed by atoms with Crippen LogP contribution in [0.5, 0.6) is 0 Å². The van der Waals surface area contributed by atoms with Gasteiger partial charge in [0, 0.05) is 5.69 Å². The number of rotatable bonds is 5. The van der Waals surface area contributed by atoms with Gasteiger partial charge in [-0.1, -0.05) is 12.1 Å². The van der Waals surface area contributed by atoms with Gasteiger partial charge in [0.25, 0.3) is 0 Å². The second kappa shape index (κ2) is 4.95. The van der Waals surface area contributed by atoms with E-state index in [0.717, 1.165) is 0 Å². The molecule has 0 aliphatic carbocycles. The molecule has 5 N–H and O–H groups in total. The van der Waals surface area contributed by atoms with Gasteiger partial charge in [-0.15, -0.1) is 0 Å². The SMILES string of the molecule is NC(=O)CNS(=O)(=O)Cc1cccc(N)c1. The number of anilines is 1. The van der Waals surface area contributed by atoms with Crippen molar-refractivity contribution in [3.8, 4) is 0 Å². The molecule has 16 heavy (non-hydrogen) atoms. The number of sulfonamides is 1. The second-order valence-corrected chi connectivity index (χ2v) is 5.10. The standard InChI is InChI=1S/C9H13N3O3S/c10-8-3-1-2-7(4-8)6-16(14,15)12-5-9(11)13/h1-4,12H,5-6,10H2,(H2,11,13). The Morgan fingerprint density at radius 3 is 2.62 bits per heavy atom. The summed E-state index contributed by atoms with van der Waals surface area (Å²) in [6.07, 6.45) is 0. The summed E-state index contributed by atoms with van der Waals surface area (Å²) in [6, 6.07) is 6.52. The highest BCUT2D eigenvalue weighted by atomic mass is 32.2. The molecule has 88 valence electrons. The molecule has 0 aliphatic rings. The molecule has 0 aromatic heterocycles. The fraction of sp³-hybridized carbons (Fsp3) is 0.222. The predicted octanol–water partition coefficient (Wildman–Crippen LogP) is -0.826. The Kier molecular flexibility index (Phi) is 3.86. The summed E-state index contributed by atoms with van der Waals surface area (Å²) in [5.41, 5.74) is 11.4. The molecule has 1 aromatic rings. The van der Waals surface area contributed by atoms with E-state index < -0.39 is 22.5 Å². The third kappa shape index (κ3) is 4.28. The van der Waals surface area contributed by atoms with Crippen molar-refractivity contribution in [2.45, 2.75) is 5.75 Å². The van der Waals surface area contributed by atoms with Crippen LogP contribution < -0.4 is 16.2 Å². The number of primary amides is 1. The Hall–Kier alpha value is -1.60. The summed E-state index contributed by atoms with van der Waals surface area (Å²) < 4.78 is 25.0. The first-order valence-electron chi connectivity index (χ1n) is 4.49. The minimum absolute atomic E-state index is 0.231. The molecule has 0 spiro atoms. The molecule has 0 saturated heterocycles. The van der Waals surface area contributed by atoms with Gasteiger partial charge in [-0.25, -0.2) is 13.1 Å². The highest BCUT2D eigenvalue weighted by molar-refractivity contribution is 7.88. The van der Waals surface area contributed by atoms with Crippen LogP contribution in [0.3, 0.4) is 0 Å². The van der Waals surface area contributed by atoms with E-state index in [1.807, 2.05) is 0 Å². The van der Waals surface area contributed by atoms with Gasteiger partial charge in [0.1, 0.15) is 0 Å². The summed E-state index contributed by atoms with van der Waals surface area (Å²) in [4.78, 5) is 10.4. The minimum Gasteiger partial charge on any atom is -0.399 e. The van der Waals surface area contributed by atoms with E-state index in [0.29, 0.717) is 11.3 Å². The van der Waals surface area contributed by atoms with E-state index in [4.69, 9.17) is 11.5 Å². The quantitative estimate of drug-likeness (QED) is 0.585. The van der Waals surface area contributed by atoms with Crippen LogP contribution in [0.4, 0.5) is 5.69 Å². The van der Waals surface area contributed by atoms with E-state index in [1.54, 1.807) is 24.3 Å². The molecule has 1 amide bonds. The Bertz CT molecular complexity index is 485. The summed E-state index contributed by atoms with van der Waals surface area (Å²) >= 11 is 0. The monoisotopic (exact) mass is 243 g/mol. The van der Waals surface area contributed by atoms with Crippen molar-refractivity contribution in [1.82, 2.24) is 4.72 Å². The van der Waals surface area contributed by atoms with Gasteiger partial charge in [0.2, 0.25) is 15.9 Å². The number of carbonyl (C=O) groups is 1. The van der Waals surface area contributed by atoms with Crippen LogP contribution in [0.1, 0.15) is 5.56 Å². The number of hydrogen-bond acceptors (Lipinski definition) is 4. The maximum Gasteiger partial charge on any atom is 0.232 e. The zero-order valence-corrected chi connectivity index (χ0v) is 9.33. The van der Waals surface area contributed by atoms with Crippen molar-refractivity contribution in [3.05, 3.63) is 29.8 Å². The summed E-state index contributed by atoms with van der Waals surface area (Å²) in [5.74, 6) is -0.957. The molecule has 0 fully saturated rings. The molecular weight excluding hydrogens is 230 g/mol. The number of benzene rings is 1. The summed E-state index contributed by atoms with van der Waals surface area (Å²) in [5, 5.41) is 0. The molecule has 0 aliphatic heterocycles. The van der Waals surface area contributed by atoms with Gasteiger partial charge in [0.05, 0.1) is 12.3 Å². The van der Waals surface area contributed by atoms with E-state index in [-0.39, 0.29) is 5.75 Å². The fourth-order valence-corrected chi connectivity index (χ4v) is 2.22. The van der Waals surface area contributed by atoms with Gasteiger partial charge in [-0.3, -0.25) is 4.79 Å². The van der Waals surface area contributed by atoms with Crippen molar-refractivity contribution in [1.29, 1.82) is 0 Å². The zero-order valence-electron chi connectivity index (χ0n) is 8.51. The lowest BCUT2D eigenvalue weighted by Gasteiger charge is -2.05. The van der Waals surface area contributed by atoms with Crippen LogP contribution in [0.25, 0.3) is 0 Å². The van der Waals surface area contributed by atoms with E-state index in [9.17, 15) is 13.2 Å². The second-order valence-electron chi connectivity index (χ2n) is 3.29. The topological polar surface area (TPSA) is 115 Å². The number of carbonyl (C=O) groups excluding carboxylic acids is 1. The van der Waals surface area contributed by atoms with Crippen molar-refractivity contribution in [3.63, 3.8) is 0 Å². The molecule has 1 aromatic carbocycles. The van der Waals surface area contributed by atoms with Gasteiger partial charge >= 0.3 is 0 Å². The molecule has 7 heteroatoms. The van der Waals surface area contributed by atoms with Crippen molar-refractivity contribution >= 4 is 21.6 Å². The smallest absolute Gasteiger partial charge is 0.232 e. The molecule has 0 radical (unpaired) electrons. The summed E-state index contributed by atoms with van der Waals surface area (Å²) in [7, 11) is -3.55. The molecule has 1 rings (SSSR count). The minimum atomic E-state index is -3.55. The highest BCUT2D eigenvalue weighted by Crippen LogP contribution is 2.09. The first kappa shape index (κ1) is 12.5. The van der Waals surface area contributed by atoms with Gasteiger partial charge in [0.15, 0.2) is 0 Å². The molecule has 0 bridgehead atoms. The molecule has 0 unspecified atom stereocenters. The van der Waals surface area contributed by atoms with Crippen LogP contribution in [0.15, 0.2) is 24.3 Å². The predicted molar refractivity (Wildman–Crippen MR) is 60.7 cm³/mol. The van der Waals surface area contributed by atoms with E-state index in [2.05, 4.69) is 4.72 Å². The molecule has 0 saturated carbocycles. The molecule has 6 nitrogen and oxygen atoms in total. The Morgan fingerprint density at radius 2 is 2.06 bits per heavy atom. The normalized spacial score (nSPS) is 11.2. The third-order valence-electron chi connectivity index (χ3n) is 1.77. The Morgan fingerprint density at radius 1 is 1.38 bits per heavy atom. The lowest BCUT2D eigenvalue weighted by Crippen LogP contribution is -2.34. The van der Waals surface area contributed by atoms with Crippen molar-refractivity contribution < 1.29 is 13.2 Å². The third-order valence-corrected chi connectivity index (χ3v) is 3.07. The van der Waals surface area contributed by atoms with E-state index in [1.165, 1.54) is 0 Å². The molecular formula is C9H13N3O3S. The molecule has 0 atom stereocenters. The Labute approximate surface area is 93.7 Å². The first-order chi connectivity index (χ1) is 7.39. The molecule has 0 heterocycles. The number of nitrogens with two attached hydrogens (primary N) is 2. The van der Waals surface area contributed by atoms with Crippen LogP contribution >= 0.6 is 0 Å². The lowest BCUT2D eigenvalue weighted by molar-refractivity contribution is -0.116. The van der Waals surface area contributed by atoms with Gasteiger partial charge < -0.3 is 11.5 Å². The number of hydrogen-bond donors (Lipinski definition) is 3. The average Bonchev–Trinajstić information content (AvgIpc) is 2.14. The zero-order chi connectivity index (χ0) is 12.2. The van der Waals surface area contributed by atoms with Crippen LogP contribution in [0, 0.1) is 0 Å². The number of nitrogens with one attached hydrogen (secondary N) is 1. The van der Waals surface area contributed by atoms with Crippen LogP contribution in [-0.4, -0.2) is 20.9 Å². The van der Waals surface area contributed by atoms with Gasteiger partial charge in [-0.2, -0.15) is 0 Å². The van der Waals surface area contributed by atoms with Gasteiger partial charge in [-0.05, 0) is 17.7 Å². The summed E-state index contributed by atoms with van der Waals surface area (Å²) in [6.45, 7) is -0.398. The lowest BCUT2D eigenvalue weighted by atomic mass is 10.2. The average molecular weight is 243 g/mol. The van der Waals surface area contributed by atoms with Crippen LogP contribution in [0.2, 0.25) is 0 Å². The van der Waals surface area contributed by atoms with Crippen LogP contribution in [-0.2, 0) is 20.6 Å². The number of amides is 1. The fourth-order valence-electron chi connectivity index (χ4n) is 1.13.